The van der Waals surface area contributed by atoms with Crippen molar-refractivity contribution in [3.63, 3.8) is 0 Å². The highest BCUT2D eigenvalue weighted by atomic mass is 16.3. The van der Waals surface area contributed by atoms with E-state index in [0.717, 1.165) is 5.69 Å². The second-order valence-electron chi connectivity index (χ2n) is 3.87. The molecule has 0 radical (unpaired) electrons. The molecule has 1 aromatic heterocycles. The van der Waals surface area contributed by atoms with Crippen LogP contribution < -0.4 is 0 Å². The fourth-order valence-corrected chi connectivity index (χ4v) is 1.75. The lowest BCUT2D eigenvalue weighted by Crippen LogP contribution is -1.94. The standard InChI is InChI=1S/C14H11N3O/c18-13-9-5-4-8-12(13)14-15-10-17(16-14)11-6-2-1-3-7-11/h1-10,18H. The van der Waals surface area contributed by atoms with E-state index in [4.69, 9.17) is 0 Å². The topological polar surface area (TPSA) is 50.9 Å². The van der Waals surface area contributed by atoms with Crippen LogP contribution in [0.5, 0.6) is 5.75 Å². The number of rotatable bonds is 2. The zero-order valence-electron chi connectivity index (χ0n) is 9.56. The van der Waals surface area contributed by atoms with Crippen molar-refractivity contribution in [3.8, 4) is 22.8 Å². The zero-order valence-corrected chi connectivity index (χ0v) is 9.56. The minimum atomic E-state index is 0.184. The van der Waals surface area contributed by atoms with Crippen molar-refractivity contribution in [2.24, 2.45) is 0 Å². The molecule has 0 bridgehead atoms. The van der Waals surface area contributed by atoms with Crippen molar-refractivity contribution in [3.05, 3.63) is 60.9 Å². The summed E-state index contributed by atoms with van der Waals surface area (Å²) in [5, 5.41) is 14.1. The zero-order chi connectivity index (χ0) is 12.4. The lowest BCUT2D eigenvalue weighted by Gasteiger charge is -2.00. The molecule has 0 saturated heterocycles. The lowest BCUT2D eigenvalue weighted by atomic mass is 10.2. The van der Waals surface area contributed by atoms with Crippen LogP contribution in [0.1, 0.15) is 0 Å². The molecule has 2 aromatic carbocycles. The molecule has 0 saturated carbocycles. The van der Waals surface area contributed by atoms with Crippen molar-refractivity contribution >= 4 is 0 Å². The maximum Gasteiger partial charge on any atom is 0.185 e. The summed E-state index contributed by atoms with van der Waals surface area (Å²) in [5.74, 6) is 0.695. The van der Waals surface area contributed by atoms with Gasteiger partial charge in [-0.15, -0.1) is 5.10 Å². The normalized spacial score (nSPS) is 10.4. The molecule has 1 heterocycles. The highest BCUT2D eigenvalue weighted by molar-refractivity contribution is 5.62. The first-order valence-electron chi connectivity index (χ1n) is 5.60. The second kappa shape index (κ2) is 4.33. The molecule has 0 amide bonds. The van der Waals surface area contributed by atoms with Gasteiger partial charge in [0.05, 0.1) is 11.3 Å². The van der Waals surface area contributed by atoms with Crippen LogP contribution in [0.25, 0.3) is 17.1 Å². The van der Waals surface area contributed by atoms with Gasteiger partial charge in [0.2, 0.25) is 0 Å². The minimum Gasteiger partial charge on any atom is -0.507 e. The minimum absolute atomic E-state index is 0.184. The Morgan fingerprint density at radius 1 is 0.889 bits per heavy atom. The molecule has 3 rings (SSSR count). The molecule has 88 valence electrons. The molecule has 18 heavy (non-hydrogen) atoms. The third kappa shape index (κ3) is 1.84. The maximum absolute atomic E-state index is 9.75. The molecule has 0 spiro atoms. The van der Waals surface area contributed by atoms with Crippen molar-refractivity contribution < 1.29 is 5.11 Å². The predicted molar refractivity (Wildman–Crippen MR) is 68.5 cm³/mol. The van der Waals surface area contributed by atoms with Crippen LogP contribution in [0.15, 0.2) is 60.9 Å². The summed E-state index contributed by atoms with van der Waals surface area (Å²) in [7, 11) is 0. The molecule has 0 aliphatic heterocycles. The smallest absolute Gasteiger partial charge is 0.185 e. The number of phenols is 1. The molecule has 0 unspecified atom stereocenters. The molecule has 1 N–H and O–H groups in total. The number of aromatic nitrogens is 3. The largest absolute Gasteiger partial charge is 0.507 e. The molecular formula is C14H11N3O. The number of phenolic OH excluding ortho intramolecular Hbond substituents is 1. The van der Waals surface area contributed by atoms with Gasteiger partial charge in [-0.25, -0.2) is 9.67 Å². The fraction of sp³-hybridized carbons (Fsp3) is 0. The molecule has 0 aliphatic carbocycles. The van der Waals surface area contributed by atoms with Gasteiger partial charge in [0, 0.05) is 0 Å². The van der Waals surface area contributed by atoms with Gasteiger partial charge in [0.1, 0.15) is 12.1 Å². The summed E-state index contributed by atoms with van der Waals surface area (Å²) < 4.78 is 1.68. The second-order valence-corrected chi connectivity index (χ2v) is 3.87. The third-order valence-electron chi connectivity index (χ3n) is 2.66. The Morgan fingerprint density at radius 3 is 2.39 bits per heavy atom. The van der Waals surface area contributed by atoms with Crippen LogP contribution in [0.4, 0.5) is 0 Å². The molecule has 3 aromatic rings. The van der Waals surface area contributed by atoms with E-state index in [1.807, 2.05) is 36.4 Å². The van der Waals surface area contributed by atoms with E-state index in [1.54, 1.807) is 29.2 Å². The Bertz CT molecular complexity index is 662. The van der Waals surface area contributed by atoms with Gasteiger partial charge < -0.3 is 5.11 Å². The molecular weight excluding hydrogens is 226 g/mol. The van der Waals surface area contributed by atoms with Gasteiger partial charge in [0.15, 0.2) is 5.82 Å². The van der Waals surface area contributed by atoms with Crippen molar-refractivity contribution in [1.82, 2.24) is 14.8 Å². The van der Waals surface area contributed by atoms with E-state index >= 15 is 0 Å². The third-order valence-corrected chi connectivity index (χ3v) is 2.66. The summed E-state index contributed by atoms with van der Waals surface area (Å²) in [4.78, 5) is 4.22. The lowest BCUT2D eigenvalue weighted by molar-refractivity contribution is 0.477. The number of aromatic hydroxyl groups is 1. The van der Waals surface area contributed by atoms with Gasteiger partial charge in [-0.2, -0.15) is 0 Å². The van der Waals surface area contributed by atoms with Crippen molar-refractivity contribution in [2.75, 3.05) is 0 Å². The summed E-state index contributed by atoms with van der Waals surface area (Å²) >= 11 is 0. The summed E-state index contributed by atoms with van der Waals surface area (Å²) in [6.07, 6.45) is 1.64. The first kappa shape index (κ1) is 10.5. The highest BCUT2D eigenvalue weighted by Crippen LogP contribution is 2.25. The highest BCUT2D eigenvalue weighted by Gasteiger charge is 2.08. The fourth-order valence-electron chi connectivity index (χ4n) is 1.75. The molecule has 0 aliphatic rings. The number of para-hydroxylation sites is 2. The SMILES string of the molecule is Oc1ccccc1-c1ncn(-c2ccccc2)n1. The van der Waals surface area contributed by atoms with Crippen LogP contribution in [0.3, 0.4) is 0 Å². The summed E-state index contributed by atoms with van der Waals surface area (Å²) in [6.45, 7) is 0. The Kier molecular flexibility index (Phi) is 2.53. The first-order chi connectivity index (χ1) is 8.84. The van der Waals surface area contributed by atoms with E-state index in [0.29, 0.717) is 11.4 Å². The maximum atomic E-state index is 9.75. The Hall–Kier alpha value is -2.62. The summed E-state index contributed by atoms with van der Waals surface area (Å²) in [6, 6.07) is 16.8. The number of benzene rings is 2. The van der Waals surface area contributed by atoms with Crippen molar-refractivity contribution in [2.45, 2.75) is 0 Å². The van der Waals surface area contributed by atoms with Crippen LogP contribution in [0, 0.1) is 0 Å². The van der Waals surface area contributed by atoms with Crippen LogP contribution in [0.2, 0.25) is 0 Å². The Morgan fingerprint density at radius 2 is 1.61 bits per heavy atom. The molecule has 0 fully saturated rings. The Balaban J connectivity index is 2.03. The average Bonchev–Trinajstić information content (AvgIpc) is 2.90. The van der Waals surface area contributed by atoms with Gasteiger partial charge in [-0.1, -0.05) is 30.3 Å². The van der Waals surface area contributed by atoms with E-state index < -0.39 is 0 Å². The van der Waals surface area contributed by atoms with Gasteiger partial charge >= 0.3 is 0 Å². The monoisotopic (exact) mass is 237 g/mol. The molecule has 4 heteroatoms. The molecule has 4 nitrogen and oxygen atoms in total. The molecule has 0 atom stereocenters. The van der Waals surface area contributed by atoms with Crippen LogP contribution in [-0.4, -0.2) is 19.9 Å². The van der Waals surface area contributed by atoms with E-state index in [-0.39, 0.29) is 5.75 Å². The van der Waals surface area contributed by atoms with E-state index in [1.165, 1.54) is 0 Å². The van der Waals surface area contributed by atoms with Crippen LogP contribution in [-0.2, 0) is 0 Å². The first-order valence-corrected chi connectivity index (χ1v) is 5.60. The van der Waals surface area contributed by atoms with E-state index in [9.17, 15) is 5.11 Å². The number of hydrogen-bond acceptors (Lipinski definition) is 3. The van der Waals surface area contributed by atoms with Gasteiger partial charge in [-0.3, -0.25) is 0 Å². The quantitative estimate of drug-likeness (QED) is 0.745. The number of nitrogens with zero attached hydrogens (tertiary/aromatic N) is 3. The predicted octanol–water partition coefficient (Wildman–Crippen LogP) is 2.64. The van der Waals surface area contributed by atoms with Crippen molar-refractivity contribution in [1.29, 1.82) is 0 Å². The average molecular weight is 237 g/mol. The Labute approximate surface area is 104 Å². The van der Waals surface area contributed by atoms with Gasteiger partial charge in [0.25, 0.3) is 0 Å². The number of hydrogen-bond donors (Lipinski definition) is 1. The van der Waals surface area contributed by atoms with Crippen LogP contribution >= 0.6 is 0 Å². The van der Waals surface area contributed by atoms with E-state index in [2.05, 4.69) is 10.1 Å². The van der Waals surface area contributed by atoms with Gasteiger partial charge in [-0.05, 0) is 24.3 Å². The summed E-state index contributed by atoms with van der Waals surface area (Å²) in [5.41, 5.74) is 1.57.